The van der Waals surface area contributed by atoms with E-state index in [0.29, 0.717) is 11.6 Å². The van der Waals surface area contributed by atoms with Gasteiger partial charge in [0.15, 0.2) is 5.58 Å². The molecule has 32 heavy (non-hydrogen) atoms. The van der Waals surface area contributed by atoms with Gasteiger partial charge >= 0.3 is 5.76 Å². The average Bonchev–Trinajstić information content (AvgIpc) is 3.20. The molecule has 1 N–H and O–H groups in total. The summed E-state index contributed by atoms with van der Waals surface area (Å²) >= 11 is 0. The van der Waals surface area contributed by atoms with Gasteiger partial charge in [0.25, 0.3) is 0 Å². The maximum Gasteiger partial charge on any atom is 0.417 e. The predicted octanol–water partition coefficient (Wildman–Crippen LogP) is 5.03. The third kappa shape index (κ3) is 3.84. The first-order valence-electron chi connectivity index (χ1n) is 11.4. The maximum atomic E-state index is 11.7. The first-order chi connectivity index (χ1) is 15.5. The van der Waals surface area contributed by atoms with Crippen LogP contribution in [0.4, 0.5) is 5.69 Å². The Morgan fingerprint density at radius 2 is 1.66 bits per heavy atom. The average molecular weight is 429 g/mol. The van der Waals surface area contributed by atoms with Crippen molar-refractivity contribution < 1.29 is 8.90 Å². The Labute approximate surface area is 188 Å². The van der Waals surface area contributed by atoms with Gasteiger partial charge in [-0.3, -0.25) is 4.98 Å². The molecular formula is C27H30N3O2+. The van der Waals surface area contributed by atoms with Gasteiger partial charge < -0.3 is 13.8 Å². The molecule has 0 unspecified atom stereocenters. The fourth-order valence-electron chi connectivity index (χ4n) is 5.01. The fraction of sp³-hybridized carbons (Fsp3) is 0.296. The first kappa shape index (κ1) is 20.6. The molecule has 0 aliphatic carbocycles. The molecule has 0 bridgehead atoms. The van der Waals surface area contributed by atoms with E-state index in [1.54, 1.807) is 0 Å². The van der Waals surface area contributed by atoms with E-state index in [9.17, 15) is 4.79 Å². The van der Waals surface area contributed by atoms with Gasteiger partial charge in [-0.25, -0.2) is 4.79 Å². The minimum Gasteiger partial charge on any atom is -0.406 e. The van der Waals surface area contributed by atoms with E-state index in [0.717, 1.165) is 48.4 Å². The third-order valence-corrected chi connectivity index (χ3v) is 7.02. The molecule has 5 rings (SSSR count). The molecule has 1 aliphatic heterocycles. The topological polar surface area (TPSA) is 49.2 Å². The number of hydrogen-bond acceptors (Lipinski definition) is 3. The summed E-state index contributed by atoms with van der Waals surface area (Å²) in [5, 5.41) is 0. The lowest BCUT2D eigenvalue weighted by Gasteiger charge is -2.48. The lowest BCUT2D eigenvalue weighted by atomic mass is 10.0. The van der Waals surface area contributed by atoms with Crippen LogP contribution in [-0.4, -0.2) is 41.7 Å². The Morgan fingerprint density at radius 3 is 2.41 bits per heavy atom. The number of rotatable bonds is 5. The second-order valence-electron chi connectivity index (χ2n) is 9.14. The molecule has 2 heterocycles. The summed E-state index contributed by atoms with van der Waals surface area (Å²) in [4.78, 5) is 16.8. The zero-order chi connectivity index (χ0) is 22.1. The van der Waals surface area contributed by atoms with Crippen LogP contribution in [-0.2, 0) is 6.54 Å². The molecule has 5 nitrogen and oxygen atoms in total. The minimum atomic E-state index is -0.393. The van der Waals surface area contributed by atoms with Crippen molar-refractivity contribution in [2.75, 3.05) is 31.1 Å². The van der Waals surface area contributed by atoms with Crippen LogP contribution in [0.2, 0.25) is 0 Å². The monoisotopic (exact) mass is 428 g/mol. The Balaban J connectivity index is 1.38. The summed E-state index contributed by atoms with van der Waals surface area (Å²) < 4.78 is 6.50. The van der Waals surface area contributed by atoms with E-state index < -0.39 is 5.76 Å². The normalized spacial score (nSPS) is 16.0. The van der Waals surface area contributed by atoms with E-state index in [2.05, 4.69) is 84.4 Å². The highest BCUT2D eigenvalue weighted by molar-refractivity contribution is 5.86. The third-order valence-electron chi connectivity index (χ3n) is 7.02. The van der Waals surface area contributed by atoms with Gasteiger partial charge in [0.05, 0.1) is 43.4 Å². The molecule has 0 radical (unpaired) electrons. The largest absolute Gasteiger partial charge is 0.417 e. The number of aromatic nitrogens is 1. The molecule has 3 aromatic carbocycles. The summed E-state index contributed by atoms with van der Waals surface area (Å²) in [6.07, 6.45) is 0. The zero-order valence-electron chi connectivity index (χ0n) is 18.8. The van der Waals surface area contributed by atoms with Crippen molar-refractivity contribution in [3.63, 3.8) is 0 Å². The van der Waals surface area contributed by atoms with Gasteiger partial charge in [-0.2, -0.15) is 0 Å². The van der Waals surface area contributed by atoms with Crippen molar-refractivity contribution in [1.29, 1.82) is 0 Å². The van der Waals surface area contributed by atoms with Crippen molar-refractivity contribution in [3.8, 4) is 11.1 Å². The second-order valence-corrected chi connectivity index (χ2v) is 9.14. The zero-order valence-corrected chi connectivity index (χ0v) is 18.8. The van der Waals surface area contributed by atoms with Crippen molar-refractivity contribution >= 4 is 16.8 Å². The lowest BCUT2D eigenvalue weighted by Crippen LogP contribution is -2.62. The summed E-state index contributed by atoms with van der Waals surface area (Å²) in [7, 11) is 0. The summed E-state index contributed by atoms with van der Waals surface area (Å²) in [6, 6.07) is 26.0. The standard InChI is InChI=1S/C27H29N3O2/c1-20(2)30(19-21-8-6-11-23(18-21)22-9-4-3-5-10-22)16-14-29(15-17-30)25-13-7-12-24-26(25)32-27(31)28-24/h3-13,18,20H,14-17,19H2,1-2H3/p+1. The van der Waals surface area contributed by atoms with Crippen molar-refractivity contribution in [2.45, 2.75) is 26.4 Å². The number of nitrogens with zero attached hydrogens (tertiary/aromatic N) is 2. The van der Waals surface area contributed by atoms with Gasteiger partial charge in [-0.05, 0) is 43.2 Å². The number of aromatic amines is 1. The number of anilines is 1. The molecular weight excluding hydrogens is 398 g/mol. The summed E-state index contributed by atoms with van der Waals surface area (Å²) in [6.45, 7) is 9.67. The summed E-state index contributed by atoms with van der Waals surface area (Å²) in [5.74, 6) is -0.393. The number of benzene rings is 3. The molecule has 1 saturated heterocycles. The van der Waals surface area contributed by atoms with Gasteiger partial charge in [0.1, 0.15) is 6.54 Å². The second kappa shape index (κ2) is 8.32. The number of oxazole rings is 1. The molecule has 1 fully saturated rings. The Morgan fingerprint density at radius 1 is 0.938 bits per heavy atom. The smallest absolute Gasteiger partial charge is 0.406 e. The number of para-hydroxylation sites is 1. The van der Waals surface area contributed by atoms with Gasteiger partial charge in [0, 0.05) is 5.56 Å². The van der Waals surface area contributed by atoms with E-state index in [1.807, 2.05) is 12.1 Å². The molecule has 1 aromatic heterocycles. The van der Waals surface area contributed by atoms with Crippen LogP contribution in [0.5, 0.6) is 0 Å². The van der Waals surface area contributed by atoms with Crippen molar-refractivity contribution in [2.24, 2.45) is 0 Å². The SMILES string of the molecule is CC(C)[N+]1(Cc2cccc(-c3ccccc3)c2)CCN(c2cccc3[nH]c(=O)oc23)CC1. The number of nitrogens with one attached hydrogen (secondary N) is 1. The van der Waals surface area contributed by atoms with Crippen LogP contribution in [0.3, 0.4) is 0 Å². The number of quaternary nitrogens is 1. The highest BCUT2D eigenvalue weighted by Crippen LogP contribution is 2.30. The Hall–Kier alpha value is -3.31. The highest BCUT2D eigenvalue weighted by atomic mass is 16.4. The Kier molecular flexibility index (Phi) is 5.35. The van der Waals surface area contributed by atoms with Crippen molar-refractivity contribution in [1.82, 2.24) is 4.98 Å². The number of piperazine rings is 1. The van der Waals surface area contributed by atoms with E-state index in [1.165, 1.54) is 16.7 Å². The number of hydrogen-bond donors (Lipinski definition) is 1. The molecule has 0 saturated carbocycles. The Bertz CT molecular complexity index is 1260. The molecule has 5 heteroatoms. The van der Waals surface area contributed by atoms with Gasteiger partial charge in [-0.1, -0.05) is 54.6 Å². The molecule has 0 spiro atoms. The molecule has 0 atom stereocenters. The van der Waals surface area contributed by atoms with Crippen LogP contribution in [0.15, 0.2) is 82.0 Å². The quantitative estimate of drug-likeness (QED) is 0.454. The molecule has 1 aliphatic rings. The van der Waals surface area contributed by atoms with E-state index >= 15 is 0 Å². The van der Waals surface area contributed by atoms with Crippen LogP contribution in [0.1, 0.15) is 19.4 Å². The molecule has 0 amide bonds. The molecule has 4 aromatic rings. The maximum absolute atomic E-state index is 11.7. The molecule has 164 valence electrons. The number of H-pyrrole nitrogens is 1. The van der Waals surface area contributed by atoms with Crippen LogP contribution >= 0.6 is 0 Å². The van der Waals surface area contributed by atoms with Crippen LogP contribution in [0.25, 0.3) is 22.2 Å². The van der Waals surface area contributed by atoms with Crippen LogP contribution in [0, 0.1) is 0 Å². The first-order valence-corrected chi connectivity index (χ1v) is 11.4. The highest BCUT2D eigenvalue weighted by Gasteiger charge is 2.36. The van der Waals surface area contributed by atoms with Crippen LogP contribution < -0.4 is 10.7 Å². The lowest BCUT2D eigenvalue weighted by molar-refractivity contribution is -0.960. The van der Waals surface area contributed by atoms with E-state index in [4.69, 9.17) is 4.42 Å². The van der Waals surface area contributed by atoms with E-state index in [-0.39, 0.29) is 0 Å². The minimum absolute atomic E-state index is 0.393. The predicted molar refractivity (Wildman–Crippen MR) is 130 cm³/mol. The van der Waals surface area contributed by atoms with Crippen molar-refractivity contribution in [3.05, 3.63) is 88.9 Å². The summed E-state index contributed by atoms with van der Waals surface area (Å²) in [5.41, 5.74) is 6.35. The fourth-order valence-corrected chi connectivity index (χ4v) is 5.01. The number of fused-ring (bicyclic) bond motifs is 1. The van der Waals surface area contributed by atoms with Gasteiger partial charge in [-0.15, -0.1) is 0 Å². The van der Waals surface area contributed by atoms with Gasteiger partial charge in [0.2, 0.25) is 0 Å².